The average Bonchev–Trinajstić information content (AvgIpc) is 2.66. The molecular weight excluding hydrogens is 166 g/mol. The molecule has 0 aliphatic heterocycles. The number of rotatable bonds is 1. The van der Waals surface area contributed by atoms with Crippen LogP contribution in [0.4, 0.5) is 0 Å². The molecule has 70 valence electrons. The molecule has 0 fully saturated rings. The maximum absolute atomic E-state index is 7.75. The molecule has 2 rings (SSSR count). The molecule has 3 N–H and O–H groups in total. The van der Waals surface area contributed by atoms with Crippen molar-refractivity contribution in [3.05, 3.63) is 36.6 Å². The number of para-hydroxylation sites is 1. The lowest BCUT2D eigenvalue weighted by Crippen LogP contribution is -2.02. The first kappa shape index (κ1) is 9.77. The molecule has 0 aliphatic rings. The van der Waals surface area contributed by atoms with Gasteiger partial charge in [-0.3, -0.25) is 0 Å². The van der Waals surface area contributed by atoms with Crippen LogP contribution in [0.5, 0.6) is 0 Å². The molecule has 1 aromatic heterocycles. The Morgan fingerprint density at radius 3 is 2.54 bits per heavy atom. The van der Waals surface area contributed by atoms with E-state index >= 15 is 0 Å². The van der Waals surface area contributed by atoms with Gasteiger partial charge in [0.05, 0.1) is 12.9 Å². The van der Waals surface area contributed by atoms with E-state index in [9.17, 15) is 0 Å². The van der Waals surface area contributed by atoms with Crippen LogP contribution >= 0.6 is 0 Å². The summed E-state index contributed by atoms with van der Waals surface area (Å²) in [4.78, 5) is 0. The number of fused-ring (bicyclic) bond motifs is 1. The van der Waals surface area contributed by atoms with Crippen molar-refractivity contribution >= 4 is 11.0 Å². The van der Waals surface area contributed by atoms with Gasteiger partial charge in [-0.2, -0.15) is 0 Å². The van der Waals surface area contributed by atoms with Gasteiger partial charge in [-0.1, -0.05) is 18.2 Å². The minimum absolute atomic E-state index is 0.0972. The first-order valence-electron chi connectivity index (χ1n) is 4.11. The number of hydrogen-bond donors (Lipinski definition) is 2. The third-order valence-corrected chi connectivity index (χ3v) is 1.49. The summed E-state index contributed by atoms with van der Waals surface area (Å²) in [6, 6.07) is 9.90. The molecule has 0 amide bonds. The Hall–Kier alpha value is -1.32. The Labute approximate surface area is 76.8 Å². The van der Waals surface area contributed by atoms with E-state index in [-0.39, 0.29) is 6.61 Å². The van der Waals surface area contributed by atoms with Crippen LogP contribution in [-0.2, 0) is 0 Å². The van der Waals surface area contributed by atoms with E-state index in [1.807, 2.05) is 30.3 Å². The Morgan fingerprint density at radius 1 is 1.23 bits per heavy atom. The number of furan rings is 1. The van der Waals surface area contributed by atoms with Crippen molar-refractivity contribution in [1.82, 2.24) is 0 Å². The van der Waals surface area contributed by atoms with Gasteiger partial charge in [-0.15, -0.1) is 0 Å². The molecule has 1 heterocycles. The van der Waals surface area contributed by atoms with Crippen molar-refractivity contribution < 1.29 is 9.52 Å². The van der Waals surface area contributed by atoms with E-state index < -0.39 is 0 Å². The Kier molecular flexibility index (Phi) is 4.02. The van der Waals surface area contributed by atoms with Crippen LogP contribution in [0, 0.1) is 0 Å². The average molecular weight is 179 g/mol. The van der Waals surface area contributed by atoms with Crippen LogP contribution in [0.25, 0.3) is 11.0 Å². The summed E-state index contributed by atoms with van der Waals surface area (Å²) >= 11 is 0. The molecule has 2 aromatic rings. The second-order valence-corrected chi connectivity index (χ2v) is 2.47. The van der Waals surface area contributed by atoms with E-state index in [1.165, 1.54) is 0 Å². The second kappa shape index (κ2) is 5.35. The molecule has 0 bridgehead atoms. The maximum atomic E-state index is 7.75. The molecule has 0 saturated heterocycles. The van der Waals surface area contributed by atoms with Crippen molar-refractivity contribution in [3.8, 4) is 0 Å². The molecule has 3 heteroatoms. The quantitative estimate of drug-likeness (QED) is 0.695. The van der Waals surface area contributed by atoms with Crippen LogP contribution < -0.4 is 5.73 Å². The number of aliphatic hydroxyl groups excluding tert-OH is 1. The zero-order chi connectivity index (χ0) is 9.52. The molecule has 13 heavy (non-hydrogen) atoms. The largest absolute Gasteiger partial charge is 0.464 e. The highest BCUT2D eigenvalue weighted by atomic mass is 16.3. The highest BCUT2D eigenvalue weighted by Crippen LogP contribution is 2.12. The third-order valence-electron chi connectivity index (χ3n) is 1.49. The fourth-order valence-electron chi connectivity index (χ4n) is 0.906. The van der Waals surface area contributed by atoms with Gasteiger partial charge >= 0.3 is 0 Å². The summed E-state index contributed by atoms with van der Waals surface area (Å²) < 4.78 is 5.12. The van der Waals surface area contributed by atoms with E-state index in [2.05, 4.69) is 0 Å². The third kappa shape index (κ3) is 2.89. The molecule has 0 atom stereocenters. The summed E-state index contributed by atoms with van der Waals surface area (Å²) in [6.07, 6.45) is 1.70. The van der Waals surface area contributed by atoms with Gasteiger partial charge in [0.25, 0.3) is 0 Å². The molecule has 1 aromatic carbocycles. The molecular formula is C10H13NO2. The zero-order valence-electron chi connectivity index (χ0n) is 7.31. The number of hydrogen-bond acceptors (Lipinski definition) is 3. The second-order valence-electron chi connectivity index (χ2n) is 2.47. The maximum Gasteiger partial charge on any atom is 0.133 e. The molecule has 0 aliphatic carbocycles. The summed E-state index contributed by atoms with van der Waals surface area (Å²) in [5.41, 5.74) is 5.73. The van der Waals surface area contributed by atoms with Gasteiger partial charge in [0.1, 0.15) is 5.58 Å². The van der Waals surface area contributed by atoms with Gasteiger partial charge in [0, 0.05) is 11.9 Å². The fraction of sp³-hybridized carbons (Fsp3) is 0.200. The van der Waals surface area contributed by atoms with Crippen LogP contribution in [-0.4, -0.2) is 18.3 Å². The Morgan fingerprint density at radius 2 is 1.92 bits per heavy atom. The van der Waals surface area contributed by atoms with Gasteiger partial charge < -0.3 is 15.3 Å². The van der Waals surface area contributed by atoms with Crippen molar-refractivity contribution in [1.29, 1.82) is 0 Å². The van der Waals surface area contributed by atoms with Crippen LogP contribution in [0.2, 0.25) is 0 Å². The summed E-state index contributed by atoms with van der Waals surface area (Å²) in [7, 11) is 0. The predicted octanol–water partition coefficient (Wildman–Crippen LogP) is 1.37. The first-order valence-corrected chi connectivity index (χ1v) is 4.11. The topological polar surface area (TPSA) is 59.4 Å². The van der Waals surface area contributed by atoms with Crippen molar-refractivity contribution in [2.75, 3.05) is 13.2 Å². The Balaban J connectivity index is 0.000000184. The minimum Gasteiger partial charge on any atom is -0.464 e. The summed E-state index contributed by atoms with van der Waals surface area (Å²) in [5.74, 6) is 0. The number of nitrogens with two attached hydrogens (primary N) is 1. The monoisotopic (exact) mass is 179 g/mol. The van der Waals surface area contributed by atoms with Crippen LogP contribution in [0.15, 0.2) is 41.0 Å². The number of aliphatic hydroxyl groups is 1. The van der Waals surface area contributed by atoms with E-state index in [0.29, 0.717) is 6.54 Å². The van der Waals surface area contributed by atoms with Crippen LogP contribution in [0.1, 0.15) is 0 Å². The van der Waals surface area contributed by atoms with Gasteiger partial charge in [-0.05, 0) is 12.1 Å². The van der Waals surface area contributed by atoms with Gasteiger partial charge in [0.15, 0.2) is 0 Å². The normalized spacial score (nSPS) is 9.38. The smallest absolute Gasteiger partial charge is 0.133 e. The highest BCUT2D eigenvalue weighted by Gasteiger charge is 1.89. The standard InChI is InChI=1S/C8H6O.C2H7NO/c1-2-4-8-7(3-1)5-6-9-8;3-1-2-4/h1-6H;4H,1-3H2. The minimum atomic E-state index is 0.0972. The molecule has 3 nitrogen and oxygen atoms in total. The molecule has 0 saturated carbocycles. The van der Waals surface area contributed by atoms with Crippen molar-refractivity contribution in [3.63, 3.8) is 0 Å². The fourth-order valence-corrected chi connectivity index (χ4v) is 0.906. The van der Waals surface area contributed by atoms with Crippen molar-refractivity contribution in [2.24, 2.45) is 5.73 Å². The zero-order valence-corrected chi connectivity index (χ0v) is 7.31. The first-order chi connectivity index (χ1) is 6.38. The predicted molar refractivity (Wildman–Crippen MR) is 52.4 cm³/mol. The molecule has 0 spiro atoms. The van der Waals surface area contributed by atoms with E-state index in [0.717, 1.165) is 11.0 Å². The summed E-state index contributed by atoms with van der Waals surface area (Å²) in [6.45, 7) is 0.472. The number of benzene rings is 1. The van der Waals surface area contributed by atoms with Crippen LogP contribution in [0.3, 0.4) is 0 Å². The molecule has 0 radical (unpaired) electrons. The van der Waals surface area contributed by atoms with Gasteiger partial charge in [-0.25, -0.2) is 0 Å². The van der Waals surface area contributed by atoms with E-state index in [4.69, 9.17) is 15.3 Å². The Bertz CT molecular complexity index is 311. The lowest BCUT2D eigenvalue weighted by atomic mass is 10.3. The SMILES string of the molecule is NCCO.c1ccc2occc2c1. The van der Waals surface area contributed by atoms with E-state index in [1.54, 1.807) is 6.26 Å². The summed E-state index contributed by atoms with van der Waals surface area (Å²) in [5, 5.41) is 8.91. The van der Waals surface area contributed by atoms with Crippen molar-refractivity contribution in [2.45, 2.75) is 0 Å². The lowest BCUT2D eigenvalue weighted by molar-refractivity contribution is 0.306. The lowest BCUT2D eigenvalue weighted by Gasteiger charge is -1.81. The molecule has 0 unspecified atom stereocenters. The highest BCUT2D eigenvalue weighted by molar-refractivity contribution is 5.76. The van der Waals surface area contributed by atoms with Gasteiger partial charge in [0.2, 0.25) is 0 Å².